The van der Waals surface area contributed by atoms with Crippen molar-refractivity contribution < 1.29 is 9.53 Å². The first-order chi connectivity index (χ1) is 9.52. The lowest BCUT2D eigenvalue weighted by atomic mass is 10.1. The van der Waals surface area contributed by atoms with E-state index in [0.29, 0.717) is 19.8 Å². The van der Waals surface area contributed by atoms with E-state index in [9.17, 15) is 4.79 Å². The van der Waals surface area contributed by atoms with E-state index in [2.05, 4.69) is 35.5 Å². The molecule has 1 aromatic carbocycles. The van der Waals surface area contributed by atoms with Gasteiger partial charge in [0, 0.05) is 20.1 Å². The van der Waals surface area contributed by atoms with Gasteiger partial charge in [-0.3, -0.25) is 4.79 Å². The molecular weight excluding hydrogens is 272 g/mol. The predicted molar refractivity (Wildman–Crippen MR) is 82.0 cm³/mol. The highest BCUT2D eigenvalue weighted by Crippen LogP contribution is 2.21. The van der Waals surface area contributed by atoms with Gasteiger partial charge in [-0.1, -0.05) is 11.3 Å². The Balaban J connectivity index is 2.59. The lowest BCUT2D eigenvalue weighted by Gasteiger charge is -2.06. The molecule has 0 atom stereocenters. The second-order valence-electron chi connectivity index (χ2n) is 4.77. The van der Waals surface area contributed by atoms with Crippen molar-refractivity contribution in [1.29, 1.82) is 0 Å². The van der Waals surface area contributed by atoms with Crippen molar-refractivity contribution in [1.82, 2.24) is 4.57 Å². The van der Waals surface area contributed by atoms with Crippen LogP contribution in [-0.2, 0) is 16.1 Å². The second-order valence-corrected chi connectivity index (χ2v) is 5.78. The number of carbonyl (C=O) groups is 1. The summed E-state index contributed by atoms with van der Waals surface area (Å²) in [6.45, 7) is 9.68. The molecule has 0 spiro atoms. The Labute approximate surface area is 122 Å². The van der Waals surface area contributed by atoms with Gasteiger partial charge in [0.05, 0.1) is 16.8 Å². The summed E-state index contributed by atoms with van der Waals surface area (Å²) in [5.41, 5.74) is 3.62. The van der Waals surface area contributed by atoms with Crippen molar-refractivity contribution in [3.8, 4) is 0 Å². The number of amides is 1. The van der Waals surface area contributed by atoms with Gasteiger partial charge < -0.3 is 9.30 Å². The molecule has 0 aliphatic rings. The highest BCUT2D eigenvalue weighted by molar-refractivity contribution is 7.16. The Kier molecular flexibility index (Phi) is 4.73. The fourth-order valence-corrected chi connectivity index (χ4v) is 3.24. The monoisotopic (exact) mass is 292 g/mol. The molecule has 0 fully saturated rings. The van der Waals surface area contributed by atoms with Crippen LogP contribution in [-0.4, -0.2) is 23.7 Å². The van der Waals surface area contributed by atoms with E-state index >= 15 is 0 Å². The summed E-state index contributed by atoms with van der Waals surface area (Å²) in [6, 6.07) is 4.32. The Morgan fingerprint density at radius 2 is 2.05 bits per heavy atom. The van der Waals surface area contributed by atoms with Gasteiger partial charge >= 0.3 is 0 Å². The number of ether oxygens (including phenoxy) is 1. The number of thiazole rings is 1. The number of nitrogens with zero attached hydrogens (tertiary/aromatic N) is 2. The smallest absolute Gasteiger partial charge is 0.245 e. The molecule has 108 valence electrons. The van der Waals surface area contributed by atoms with Gasteiger partial charge in [0.15, 0.2) is 4.80 Å². The van der Waals surface area contributed by atoms with Crippen LogP contribution in [0.4, 0.5) is 0 Å². The molecule has 1 aromatic heterocycles. The van der Waals surface area contributed by atoms with Crippen molar-refractivity contribution in [2.45, 2.75) is 34.2 Å². The minimum atomic E-state index is -0.171. The van der Waals surface area contributed by atoms with E-state index < -0.39 is 0 Å². The zero-order valence-corrected chi connectivity index (χ0v) is 13.2. The quantitative estimate of drug-likeness (QED) is 0.813. The third kappa shape index (κ3) is 3.16. The highest BCUT2D eigenvalue weighted by atomic mass is 32.1. The van der Waals surface area contributed by atoms with Crippen LogP contribution in [0.3, 0.4) is 0 Å². The van der Waals surface area contributed by atoms with Crippen LogP contribution in [0.5, 0.6) is 0 Å². The third-order valence-corrected chi connectivity index (χ3v) is 4.26. The van der Waals surface area contributed by atoms with Crippen LogP contribution in [0.1, 0.15) is 25.0 Å². The minimum absolute atomic E-state index is 0.171. The summed E-state index contributed by atoms with van der Waals surface area (Å²) in [5, 5.41) is 0. The zero-order chi connectivity index (χ0) is 14.7. The van der Waals surface area contributed by atoms with Gasteiger partial charge in [-0.05, 0) is 44.0 Å². The maximum atomic E-state index is 11.3. The van der Waals surface area contributed by atoms with Gasteiger partial charge in [-0.25, -0.2) is 0 Å². The molecule has 0 bridgehead atoms. The molecule has 0 aliphatic heterocycles. The van der Waals surface area contributed by atoms with Gasteiger partial charge in [0.1, 0.15) is 0 Å². The van der Waals surface area contributed by atoms with E-state index in [1.165, 1.54) is 18.1 Å². The Bertz CT molecular complexity index is 698. The van der Waals surface area contributed by atoms with Crippen molar-refractivity contribution in [2.24, 2.45) is 4.99 Å². The SMILES string of the molecule is CCOCCn1c(=NC(C)=O)sc2cc(C)c(C)cc21. The van der Waals surface area contributed by atoms with Crippen molar-refractivity contribution in [3.63, 3.8) is 0 Å². The van der Waals surface area contributed by atoms with Crippen molar-refractivity contribution in [3.05, 3.63) is 28.1 Å². The number of carbonyl (C=O) groups excluding carboxylic acids is 1. The molecule has 20 heavy (non-hydrogen) atoms. The normalized spacial score (nSPS) is 12.3. The first-order valence-corrected chi connectivity index (χ1v) is 7.58. The summed E-state index contributed by atoms with van der Waals surface area (Å²) in [7, 11) is 0. The minimum Gasteiger partial charge on any atom is -0.380 e. The third-order valence-electron chi connectivity index (χ3n) is 3.21. The lowest BCUT2D eigenvalue weighted by molar-refractivity contribution is -0.116. The number of hydrogen-bond acceptors (Lipinski definition) is 3. The molecular formula is C15H20N2O2S. The molecule has 5 heteroatoms. The number of aromatic nitrogens is 1. The lowest BCUT2D eigenvalue weighted by Crippen LogP contribution is -2.19. The molecule has 0 N–H and O–H groups in total. The number of fused-ring (bicyclic) bond motifs is 1. The number of aryl methyl sites for hydroxylation is 2. The standard InChI is InChI=1S/C15H20N2O2S/c1-5-19-7-6-17-13-8-10(2)11(3)9-14(13)20-15(17)16-12(4)18/h8-9H,5-7H2,1-4H3. The Morgan fingerprint density at radius 1 is 1.35 bits per heavy atom. The highest BCUT2D eigenvalue weighted by Gasteiger charge is 2.08. The van der Waals surface area contributed by atoms with Crippen LogP contribution in [0.15, 0.2) is 17.1 Å². The maximum Gasteiger partial charge on any atom is 0.245 e. The van der Waals surface area contributed by atoms with Crippen LogP contribution in [0, 0.1) is 13.8 Å². The van der Waals surface area contributed by atoms with E-state index in [1.54, 1.807) is 11.3 Å². The largest absolute Gasteiger partial charge is 0.380 e. The summed E-state index contributed by atoms with van der Waals surface area (Å²) in [4.78, 5) is 16.2. The fourth-order valence-electron chi connectivity index (χ4n) is 2.06. The molecule has 1 heterocycles. The first kappa shape index (κ1) is 14.9. The topological polar surface area (TPSA) is 43.6 Å². The molecule has 1 amide bonds. The van der Waals surface area contributed by atoms with Crippen LogP contribution >= 0.6 is 11.3 Å². The van der Waals surface area contributed by atoms with E-state index in [1.807, 2.05) is 6.92 Å². The molecule has 0 saturated carbocycles. The molecule has 0 unspecified atom stereocenters. The summed E-state index contributed by atoms with van der Waals surface area (Å²) in [5.74, 6) is -0.171. The fraction of sp³-hybridized carbons (Fsp3) is 0.467. The van der Waals surface area contributed by atoms with Crippen LogP contribution < -0.4 is 4.80 Å². The summed E-state index contributed by atoms with van der Waals surface area (Å²) < 4.78 is 8.66. The van der Waals surface area contributed by atoms with E-state index in [4.69, 9.17) is 4.74 Å². The van der Waals surface area contributed by atoms with Crippen LogP contribution in [0.25, 0.3) is 10.2 Å². The summed E-state index contributed by atoms with van der Waals surface area (Å²) >= 11 is 1.55. The maximum absolute atomic E-state index is 11.3. The molecule has 2 rings (SSSR count). The average molecular weight is 292 g/mol. The van der Waals surface area contributed by atoms with E-state index in [-0.39, 0.29) is 5.91 Å². The average Bonchev–Trinajstić information content (AvgIpc) is 2.67. The molecule has 0 radical (unpaired) electrons. The molecule has 0 saturated heterocycles. The molecule has 2 aromatic rings. The number of benzene rings is 1. The van der Waals surface area contributed by atoms with E-state index in [0.717, 1.165) is 15.0 Å². The number of hydrogen-bond donors (Lipinski definition) is 0. The van der Waals surface area contributed by atoms with Crippen LogP contribution in [0.2, 0.25) is 0 Å². The van der Waals surface area contributed by atoms with Crippen molar-refractivity contribution in [2.75, 3.05) is 13.2 Å². The van der Waals surface area contributed by atoms with Gasteiger partial charge in [-0.15, -0.1) is 0 Å². The second kappa shape index (κ2) is 6.33. The van der Waals surface area contributed by atoms with Crippen molar-refractivity contribution >= 4 is 27.5 Å². The Morgan fingerprint density at radius 3 is 2.70 bits per heavy atom. The van der Waals surface area contributed by atoms with Gasteiger partial charge in [0.2, 0.25) is 5.91 Å². The summed E-state index contributed by atoms with van der Waals surface area (Å²) in [6.07, 6.45) is 0. The predicted octanol–water partition coefficient (Wildman–Crippen LogP) is 2.80. The Hall–Kier alpha value is -1.46. The van der Waals surface area contributed by atoms with Gasteiger partial charge in [0.25, 0.3) is 0 Å². The van der Waals surface area contributed by atoms with Gasteiger partial charge in [-0.2, -0.15) is 4.99 Å². The molecule has 4 nitrogen and oxygen atoms in total. The molecule has 0 aliphatic carbocycles. The first-order valence-electron chi connectivity index (χ1n) is 6.76. The number of rotatable bonds is 4. The zero-order valence-electron chi connectivity index (χ0n) is 12.4.